The molecule has 5 N–H and O–H groups in total. The van der Waals surface area contributed by atoms with Gasteiger partial charge in [0.05, 0.1) is 6.04 Å². The van der Waals surface area contributed by atoms with Crippen LogP contribution in [0.3, 0.4) is 0 Å². The summed E-state index contributed by atoms with van der Waals surface area (Å²) in [6.07, 6.45) is 3.66. The first kappa shape index (κ1) is 20.2. The topological polar surface area (TPSA) is 123 Å². The van der Waals surface area contributed by atoms with Crippen molar-refractivity contribution in [3.8, 4) is 0 Å². The third kappa shape index (κ3) is 4.66. The van der Waals surface area contributed by atoms with Crippen LogP contribution >= 0.6 is 12.6 Å². The monoisotopic (exact) mass is 404 g/mol. The van der Waals surface area contributed by atoms with Crippen molar-refractivity contribution in [1.82, 2.24) is 20.9 Å². The maximum absolute atomic E-state index is 12.8. The Labute approximate surface area is 167 Å². The molecule has 1 saturated heterocycles. The molecule has 2 amide bonds. The van der Waals surface area contributed by atoms with Gasteiger partial charge in [0.2, 0.25) is 11.8 Å². The number of benzene rings is 1. The normalized spacial score (nSPS) is 18.5. The SMILES string of the molecule is O=C(O)[C@H](CS)NC(=O)[C@H](Cc1c[nH]c2ccccc12)NC(=O)[C@@H]1CCCN1. The first-order valence-corrected chi connectivity index (χ1v) is 9.85. The van der Waals surface area contributed by atoms with Crippen molar-refractivity contribution >= 4 is 41.3 Å². The van der Waals surface area contributed by atoms with E-state index >= 15 is 0 Å². The molecule has 2 aromatic rings. The molecule has 1 aliphatic heterocycles. The number of carbonyl (C=O) groups is 3. The van der Waals surface area contributed by atoms with E-state index in [0.29, 0.717) is 6.42 Å². The Bertz CT molecular complexity index is 862. The highest BCUT2D eigenvalue weighted by Gasteiger charge is 2.30. The van der Waals surface area contributed by atoms with Crippen LogP contribution in [-0.2, 0) is 20.8 Å². The minimum absolute atomic E-state index is 0.0427. The summed E-state index contributed by atoms with van der Waals surface area (Å²) >= 11 is 3.98. The quantitative estimate of drug-likeness (QED) is 0.357. The molecule has 28 heavy (non-hydrogen) atoms. The molecule has 0 bridgehead atoms. The third-order valence-corrected chi connectivity index (χ3v) is 5.27. The van der Waals surface area contributed by atoms with Gasteiger partial charge >= 0.3 is 5.97 Å². The minimum Gasteiger partial charge on any atom is -0.480 e. The van der Waals surface area contributed by atoms with E-state index < -0.39 is 24.0 Å². The van der Waals surface area contributed by atoms with Gasteiger partial charge in [-0.25, -0.2) is 4.79 Å². The summed E-state index contributed by atoms with van der Waals surface area (Å²) in [6.45, 7) is 0.762. The zero-order valence-corrected chi connectivity index (χ0v) is 16.2. The number of H-pyrrole nitrogens is 1. The van der Waals surface area contributed by atoms with Crippen LogP contribution in [0.5, 0.6) is 0 Å². The fourth-order valence-electron chi connectivity index (χ4n) is 3.37. The van der Waals surface area contributed by atoms with Crippen molar-refractivity contribution in [3.63, 3.8) is 0 Å². The number of rotatable bonds is 8. The molecule has 0 spiro atoms. The summed E-state index contributed by atoms with van der Waals surface area (Å²) < 4.78 is 0. The molecular formula is C19H24N4O4S. The van der Waals surface area contributed by atoms with Crippen molar-refractivity contribution in [2.75, 3.05) is 12.3 Å². The standard InChI is InChI=1S/C19H24N4O4S/c24-17(14-6-3-7-20-14)22-15(18(25)23-16(10-28)19(26)27)8-11-9-21-13-5-2-1-4-12(11)13/h1-2,4-5,9,14-16,20-21,28H,3,6-8,10H2,(H,22,24)(H,23,25)(H,26,27)/t14-,15-,16-/m0/s1. The number of amides is 2. The van der Waals surface area contributed by atoms with Crippen molar-refractivity contribution < 1.29 is 19.5 Å². The highest BCUT2D eigenvalue weighted by molar-refractivity contribution is 7.80. The molecule has 1 aliphatic rings. The lowest BCUT2D eigenvalue weighted by Crippen LogP contribution is -2.55. The number of carboxylic acid groups (broad SMARTS) is 1. The first-order chi connectivity index (χ1) is 13.5. The Hall–Kier alpha value is -2.52. The average molecular weight is 404 g/mol. The summed E-state index contributed by atoms with van der Waals surface area (Å²) in [6, 6.07) is 5.32. The Morgan fingerprint density at radius 2 is 2.00 bits per heavy atom. The third-order valence-electron chi connectivity index (χ3n) is 4.91. The maximum atomic E-state index is 12.8. The average Bonchev–Trinajstić information content (AvgIpc) is 3.35. The number of aromatic amines is 1. The largest absolute Gasteiger partial charge is 0.480 e. The Morgan fingerprint density at radius 3 is 2.68 bits per heavy atom. The number of hydrogen-bond acceptors (Lipinski definition) is 5. The van der Waals surface area contributed by atoms with Crippen LogP contribution in [-0.4, -0.2) is 58.3 Å². The van der Waals surface area contributed by atoms with E-state index in [4.69, 9.17) is 0 Å². The van der Waals surface area contributed by atoms with Gasteiger partial charge in [-0.05, 0) is 31.0 Å². The second kappa shape index (κ2) is 9.11. The van der Waals surface area contributed by atoms with E-state index in [1.54, 1.807) is 6.20 Å². The minimum atomic E-state index is -1.17. The van der Waals surface area contributed by atoms with E-state index in [-0.39, 0.29) is 24.1 Å². The van der Waals surface area contributed by atoms with Crippen molar-refractivity contribution in [3.05, 3.63) is 36.0 Å². The molecule has 0 saturated carbocycles. The Morgan fingerprint density at radius 1 is 1.21 bits per heavy atom. The van der Waals surface area contributed by atoms with E-state index in [9.17, 15) is 19.5 Å². The predicted octanol–water partition coefficient (Wildman–Crippen LogP) is 0.446. The van der Waals surface area contributed by atoms with Gasteiger partial charge in [0.1, 0.15) is 12.1 Å². The second-order valence-electron chi connectivity index (χ2n) is 6.86. The summed E-state index contributed by atoms with van der Waals surface area (Å²) in [5, 5.41) is 18.5. The number of aromatic nitrogens is 1. The zero-order chi connectivity index (χ0) is 20.1. The lowest BCUT2D eigenvalue weighted by Gasteiger charge is -2.22. The molecular weight excluding hydrogens is 380 g/mol. The molecule has 150 valence electrons. The van der Waals surface area contributed by atoms with E-state index in [1.807, 2.05) is 24.3 Å². The molecule has 1 fully saturated rings. The van der Waals surface area contributed by atoms with E-state index in [1.165, 1.54) is 0 Å². The van der Waals surface area contributed by atoms with Crippen molar-refractivity contribution in [2.24, 2.45) is 0 Å². The summed E-state index contributed by atoms with van der Waals surface area (Å²) in [4.78, 5) is 39.7. The molecule has 9 heteroatoms. The van der Waals surface area contributed by atoms with Gasteiger partial charge in [-0.1, -0.05) is 18.2 Å². The summed E-state index contributed by atoms with van der Waals surface area (Å²) in [5.41, 5.74) is 1.80. The van der Waals surface area contributed by atoms with Gasteiger partial charge in [0, 0.05) is 29.3 Å². The molecule has 3 rings (SSSR count). The fourth-order valence-corrected chi connectivity index (χ4v) is 3.62. The fraction of sp³-hybridized carbons (Fsp3) is 0.421. The highest BCUT2D eigenvalue weighted by atomic mass is 32.1. The zero-order valence-electron chi connectivity index (χ0n) is 15.3. The lowest BCUT2D eigenvalue weighted by atomic mass is 10.0. The number of aliphatic carboxylic acids is 1. The van der Waals surface area contributed by atoms with Crippen LogP contribution in [0, 0.1) is 0 Å². The number of nitrogens with one attached hydrogen (secondary N) is 4. The van der Waals surface area contributed by atoms with Gasteiger partial charge in [0.15, 0.2) is 0 Å². The lowest BCUT2D eigenvalue weighted by molar-refractivity contribution is -0.141. The van der Waals surface area contributed by atoms with Gasteiger partial charge in [-0.2, -0.15) is 12.6 Å². The van der Waals surface area contributed by atoms with Crippen LogP contribution in [0.4, 0.5) is 0 Å². The molecule has 1 aromatic heterocycles. The number of hydrogen-bond donors (Lipinski definition) is 6. The van der Waals surface area contributed by atoms with Crippen LogP contribution < -0.4 is 16.0 Å². The molecule has 8 nitrogen and oxygen atoms in total. The summed E-state index contributed by atoms with van der Waals surface area (Å²) in [7, 11) is 0. The maximum Gasteiger partial charge on any atom is 0.327 e. The molecule has 1 aromatic carbocycles. The van der Waals surface area contributed by atoms with Crippen molar-refractivity contribution in [1.29, 1.82) is 0 Å². The number of fused-ring (bicyclic) bond motifs is 1. The van der Waals surface area contributed by atoms with E-state index in [2.05, 4.69) is 33.6 Å². The van der Waals surface area contributed by atoms with Gasteiger partial charge in [0.25, 0.3) is 0 Å². The van der Waals surface area contributed by atoms with Crippen LogP contribution in [0.2, 0.25) is 0 Å². The van der Waals surface area contributed by atoms with E-state index in [0.717, 1.165) is 29.4 Å². The molecule has 0 unspecified atom stereocenters. The first-order valence-electron chi connectivity index (χ1n) is 9.22. The van der Waals surface area contributed by atoms with Crippen LogP contribution in [0.15, 0.2) is 30.5 Å². The van der Waals surface area contributed by atoms with Gasteiger partial charge in [-0.3, -0.25) is 9.59 Å². The number of carbonyl (C=O) groups excluding carboxylic acids is 2. The highest BCUT2D eigenvalue weighted by Crippen LogP contribution is 2.19. The Kier molecular flexibility index (Phi) is 6.58. The smallest absolute Gasteiger partial charge is 0.327 e. The molecule has 2 heterocycles. The van der Waals surface area contributed by atoms with Crippen molar-refractivity contribution in [2.45, 2.75) is 37.4 Å². The number of para-hydroxylation sites is 1. The van der Waals surface area contributed by atoms with Gasteiger partial charge in [-0.15, -0.1) is 0 Å². The van der Waals surface area contributed by atoms with Gasteiger partial charge < -0.3 is 26.0 Å². The second-order valence-corrected chi connectivity index (χ2v) is 7.22. The molecule has 0 aliphatic carbocycles. The molecule has 0 radical (unpaired) electrons. The predicted molar refractivity (Wildman–Crippen MR) is 108 cm³/mol. The summed E-state index contributed by atoms with van der Waals surface area (Å²) in [5.74, 6) is -2.01. The number of carboxylic acids is 1. The van der Waals surface area contributed by atoms with Crippen LogP contribution in [0.25, 0.3) is 10.9 Å². The Balaban J connectivity index is 1.79. The van der Waals surface area contributed by atoms with Crippen LogP contribution in [0.1, 0.15) is 18.4 Å². The number of thiol groups is 1. The molecule has 3 atom stereocenters.